The van der Waals surface area contributed by atoms with Gasteiger partial charge in [-0.3, -0.25) is 0 Å². The van der Waals surface area contributed by atoms with E-state index in [4.69, 9.17) is 4.74 Å². The summed E-state index contributed by atoms with van der Waals surface area (Å²) >= 11 is 0. The monoisotopic (exact) mass is 299 g/mol. The van der Waals surface area contributed by atoms with Crippen molar-refractivity contribution < 1.29 is 14.9 Å². The zero-order valence-electron chi connectivity index (χ0n) is 13.8. The number of aliphatic hydroxyl groups is 2. The van der Waals surface area contributed by atoms with Crippen molar-refractivity contribution in [3.05, 3.63) is 54.0 Å². The van der Waals surface area contributed by atoms with Gasteiger partial charge in [0.1, 0.15) is 17.6 Å². The molecular weight excluding hydrogens is 275 g/mol. The van der Waals surface area contributed by atoms with Gasteiger partial charge in [0, 0.05) is 5.56 Å². The lowest BCUT2D eigenvalue weighted by Gasteiger charge is -2.19. The van der Waals surface area contributed by atoms with Crippen LogP contribution in [0.1, 0.15) is 38.8 Å². The quantitative estimate of drug-likeness (QED) is 0.592. The molecule has 2 unspecified atom stereocenters. The summed E-state index contributed by atoms with van der Waals surface area (Å²) in [5.41, 5.74) is 3.31. The number of rotatable bonds is 7. The van der Waals surface area contributed by atoms with Gasteiger partial charge in [0.05, 0.1) is 6.10 Å². The summed E-state index contributed by atoms with van der Waals surface area (Å²) in [5.74, 6) is 0.524. The summed E-state index contributed by atoms with van der Waals surface area (Å²) in [4.78, 5) is 0. The molecule has 1 radical (unpaired) electrons. The first-order valence-electron chi connectivity index (χ1n) is 7.29. The van der Waals surface area contributed by atoms with Gasteiger partial charge in [-0.05, 0) is 44.5 Å². The van der Waals surface area contributed by atoms with Crippen LogP contribution in [0, 0.1) is 0 Å². The molecule has 4 heteroatoms. The van der Waals surface area contributed by atoms with Crippen LogP contribution in [0.2, 0.25) is 0 Å². The third-order valence-corrected chi connectivity index (χ3v) is 3.47. The lowest BCUT2D eigenvalue weighted by molar-refractivity contribution is 0.0604. The van der Waals surface area contributed by atoms with Gasteiger partial charge >= 0.3 is 0 Å². The summed E-state index contributed by atoms with van der Waals surface area (Å²) in [5, 5.41) is 19.2. The molecule has 0 heterocycles. The van der Waals surface area contributed by atoms with Crippen molar-refractivity contribution in [1.29, 1.82) is 0 Å². The predicted molar refractivity (Wildman–Crippen MR) is 94.1 cm³/mol. The maximum atomic E-state index is 9.68. The van der Waals surface area contributed by atoms with Crippen LogP contribution >= 0.6 is 0 Å². The molecule has 0 aliphatic heterocycles. The van der Waals surface area contributed by atoms with Crippen LogP contribution in [0.5, 0.6) is 5.75 Å². The molecule has 0 spiro atoms. The second kappa shape index (κ2) is 7.90. The maximum Gasteiger partial charge on any atom is 0.184 e. The molecule has 0 saturated heterocycles. The fraction of sp³-hybridized carbons (Fsp3) is 0.333. The van der Waals surface area contributed by atoms with Gasteiger partial charge in [0.2, 0.25) is 0 Å². The van der Waals surface area contributed by atoms with Crippen molar-refractivity contribution in [1.82, 2.24) is 0 Å². The Labute approximate surface area is 133 Å². The molecule has 0 amide bonds. The van der Waals surface area contributed by atoms with Crippen molar-refractivity contribution in [2.75, 3.05) is 0 Å². The van der Waals surface area contributed by atoms with Gasteiger partial charge in [-0.15, -0.1) is 12.1 Å². The molecule has 1 aromatic rings. The third-order valence-electron chi connectivity index (χ3n) is 3.47. The summed E-state index contributed by atoms with van der Waals surface area (Å²) in [6, 6.07) is 5.34. The van der Waals surface area contributed by atoms with Crippen LogP contribution in [-0.2, 0) is 0 Å². The Morgan fingerprint density at radius 3 is 2.32 bits per heavy atom. The molecule has 3 nitrogen and oxygen atoms in total. The standard InChI is InChI=1S/C18H24BO3/c1-7-11(2)19-12(3)16-8-17(14(5)21)10-18(9-16)22-15(6)13(4)20/h7-10,13,15,20-21H,3,5H2,1-2,4,6H3/b11-7-. The Morgan fingerprint density at radius 2 is 1.82 bits per heavy atom. The molecule has 0 bridgehead atoms. The molecule has 0 aliphatic rings. The van der Waals surface area contributed by atoms with Gasteiger partial charge in [-0.25, -0.2) is 0 Å². The molecule has 117 valence electrons. The normalized spacial score (nSPS) is 14.1. The molecule has 0 aromatic heterocycles. The molecular formula is C18H24BO3. The van der Waals surface area contributed by atoms with E-state index in [1.807, 2.05) is 39.3 Å². The molecule has 0 aliphatic carbocycles. The lowest BCUT2D eigenvalue weighted by Crippen LogP contribution is -2.25. The van der Waals surface area contributed by atoms with E-state index in [-0.39, 0.29) is 11.9 Å². The predicted octanol–water partition coefficient (Wildman–Crippen LogP) is 3.96. The van der Waals surface area contributed by atoms with Gasteiger partial charge in [0.25, 0.3) is 0 Å². The highest BCUT2D eigenvalue weighted by Crippen LogP contribution is 2.26. The zero-order valence-corrected chi connectivity index (χ0v) is 13.8. The molecule has 0 saturated carbocycles. The number of aliphatic hydroxyl groups excluding tert-OH is 2. The van der Waals surface area contributed by atoms with Crippen LogP contribution < -0.4 is 4.74 Å². The summed E-state index contributed by atoms with van der Waals surface area (Å²) in [6.07, 6.45) is 1.04. The SMILES string of the molecule is C=C(O)c1cc(OC(C)C(C)O)cc(C(=C)[B]/C(C)=C\C)c1. The Balaban J connectivity index is 3.14. The van der Waals surface area contributed by atoms with E-state index in [1.54, 1.807) is 19.9 Å². The highest BCUT2D eigenvalue weighted by Gasteiger charge is 2.13. The minimum absolute atomic E-state index is 0.0352. The average molecular weight is 299 g/mol. The molecule has 1 rings (SSSR count). The van der Waals surface area contributed by atoms with E-state index < -0.39 is 6.10 Å². The first kappa shape index (κ1) is 18.1. The second-order valence-corrected chi connectivity index (χ2v) is 5.46. The minimum Gasteiger partial charge on any atom is -0.508 e. The first-order chi connectivity index (χ1) is 10.2. The smallest absolute Gasteiger partial charge is 0.184 e. The van der Waals surface area contributed by atoms with E-state index in [0.717, 1.165) is 16.5 Å². The number of hydrogen-bond donors (Lipinski definition) is 2. The number of hydrogen-bond acceptors (Lipinski definition) is 3. The second-order valence-electron chi connectivity index (χ2n) is 5.46. The zero-order chi connectivity index (χ0) is 16.9. The molecule has 2 N–H and O–H groups in total. The Bertz CT molecular complexity index is 588. The van der Waals surface area contributed by atoms with E-state index in [0.29, 0.717) is 11.3 Å². The van der Waals surface area contributed by atoms with Gasteiger partial charge < -0.3 is 14.9 Å². The summed E-state index contributed by atoms with van der Waals surface area (Å²) in [7, 11) is 1.96. The molecule has 2 atom stereocenters. The Morgan fingerprint density at radius 1 is 1.23 bits per heavy atom. The minimum atomic E-state index is -0.593. The summed E-state index contributed by atoms with van der Waals surface area (Å²) < 4.78 is 5.72. The van der Waals surface area contributed by atoms with Crippen LogP contribution in [0.3, 0.4) is 0 Å². The van der Waals surface area contributed by atoms with E-state index in [1.165, 1.54) is 0 Å². The molecule has 0 fully saturated rings. The average Bonchev–Trinajstić information content (AvgIpc) is 2.46. The Kier molecular flexibility index (Phi) is 6.50. The van der Waals surface area contributed by atoms with Gasteiger partial charge in [0.15, 0.2) is 7.28 Å². The number of benzene rings is 1. The molecule has 22 heavy (non-hydrogen) atoms. The van der Waals surface area contributed by atoms with Crippen molar-refractivity contribution in [3.8, 4) is 5.75 Å². The van der Waals surface area contributed by atoms with Gasteiger partial charge in [-0.2, -0.15) is 0 Å². The fourth-order valence-electron chi connectivity index (χ4n) is 1.77. The van der Waals surface area contributed by atoms with E-state index in [9.17, 15) is 10.2 Å². The van der Waals surface area contributed by atoms with Crippen molar-refractivity contribution in [3.63, 3.8) is 0 Å². The van der Waals surface area contributed by atoms with E-state index in [2.05, 4.69) is 13.2 Å². The van der Waals surface area contributed by atoms with E-state index >= 15 is 0 Å². The van der Waals surface area contributed by atoms with Crippen LogP contribution in [0.25, 0.3) is 11.2 Å². The van der Waals surface area contributed by atoms with Crippen LogP contribution in [-0.4, -0.2) is 29.7 Å². The highest BCUT2D eigenvalue weighted by molar-refractivity contribution is 6.67. The van der Waals surface area contributed by atoms with Crippen molar-refractivity contribution in [2.24, 2.45) is 0 Å². The third kappa shape index (κ3) is 5.12. The maximum absolute atomic E-state index is 9.68. The Hall–Kier alpha value is -1.94. The highest BCUT2D eigenvalue weighted by atomic mass is 16.5. The van der Waals surface area contributed by atoms with Crippen LogP contribution in [0.4, 0.5) is 0 Å². The largest absolute Gasteiger partial charge is 0.508 e. The fourth-order valence-corrected chi connectivity index (χ4v) is 1.77. The van der Waals surface area contributed by atoms with Crippen LogP contribution in [0.15, 0.2) is 42.9 Å². The molecule has 1 aromatic carbocycles. The van der Waals surface area contributed by atoms with Crippen molar-refractivity contribution >= 4 is 18.5 Å². The first-order valence-corrected chi connectivity index (χ1v) is 7.29. The lowest BCUT2D eigenvalue weighted by atomic mass is 9.61. The number of allylic oxidation sites excluding steroid dienone is 2. The van der Waals surface area contributed by atoms with Crippen molar-refractivity contribution in [2.45, 2.75) is 39.9 Å². The topological polar surface area (TPSA) is 49.7 Å². The van der Waals surface area contributed by atoms with Gasteiger partial charge in [-0.1, -0.05) is 25.1 Å². The number of ether oxygens (including phenoxy) is 1. The summed E-state index contributed by atoms with van der Waals surface area (Å²) in [6.45, 7) is 15.0.